The zero-order valence-corrected chi connectivity index (χ0v) is 18.8. The van der Waals surface area contributed by atoms with Gasteiger partial charge in [-0.3, -0.25) is 9.59 Å². The van der Waals surface area contributed by atoms with E-state index in [1.54, 1.807) is 0 Å². The van der Waals surface area contributed by atoms with Crippen molar-refractivity contribution in [2.75, 3.05) is 13.2 Å². The maximum absolute atomic E-state index is 12.4. The van der Waals surface area contributed by atoms with Crippen LogP contribution < -0.4 is 10.6 Å². The number of hydrogen-bond acceptors (Lipinski definition) is 4. The number of alkyl carbamates (subject to hydrolysis) is 1. The zero-order chi connectivity index (χ0) is 23.4. The van der Waals surface area contributed by atoms with Gasteiger partial charge in [0.15, 0.2) is 0 Å². The number of ether oxygens (including phenoxy) is 1. The lowest BCUT2D eigenvalue weighted by atomic mass is 9.98. The smallest absolute Gasteiger partial charge is 0.407 e. The normalized spacial score (nSPS) is 19.2. The number of carboxylic acids is 1. The quantitative estimate of drug-likeness (QED) is 0.509. The average Bonchev–Trinajstić information content (AvgIpc) is 3.51. The van der Waals surface area contributed by atoms with Gasteiger partial charge in [-0.2, -0.15) is 0 Å². The molecule has 2 aliphatic carbocycles. The summed E-state index contributed by atoms with van der Waals surface area (Å²) in [4.78, 5) is 35.7. The van der Waals surface area contributed by atoms with Crippen LogP contribution in [-0.4, -0.2) is 42.3 Å². The number of carbonyl (C=O) groups excluding carboxylic acids is 2. The van der Waals surface area contributed by atoms with Gasteiger partial charge in [-0.1, -0.05) is 61.9 Å². The van der Waals surface area contributed by atoms with Crippen molar-refractivity contribution in [2.24, 2.45) is 11.8 Å². The van der Waals surface area contributed by atoms with Crippen LogP contribution in [0.1, 0.15) is 49.7 Å². The summed E-state index contributed by atoms with van der Waals surface area (Å²) in [5, 5.41) is 14.6. The second-order valence-electron chi connectivity index (χ2n) is 8.90. The summed E-state index contributed by atoms with van der Waals surface area (Å²) in [7, 11) is 0. The van der Waals surface area contributed by atoms with E-state index in [0.717, 1.165) is 17.5 Å². The Balaban J connectivity index is 1.23. The first kappa shape index (κ1) is 22.8. The number of amides is 2. The molecule has 7 nitrogen and oxygen atoms in total. The lowest BCUT2D eigenvalue weighted by molar-refractivity contribution is -0.137. The van der Waals surface area contributed by atoms with Crippen LogP contribution in [0.3, 0.4) is 0 Å². The molecule has 0 aromatic heterocycles. The molecule has 0 bridgehead atoms. The van der Waals surface area contributed by atoms with Crippen molar-refractivity contribution >= 4 is 18.0 Å². The fourth-order valence-electron chi connectivity index (χ4n) is 4.75. The molecule has 3 atom stereocenters. The second kappa shape index (κ2) is 10.1. The van der Waals surface area contributed by atoms with Crippen LogP contribution in [0.5, 0.6) is 0 Å². The highest BCUT2D eigenvalue weighted by Gasteiger charge is 2.43. The van der Waals surface area contributed by atoms with Crippen LogP contribution in [0, 0.1) is 11.8 Å². The topological polar surface area (TPSA) is 105 Å². The predicted molar refractivity (Wildman–Crippen MR) is 124 cm³/mol. The molecule has 2 aromatic carbocycles. The molecule has 3 N–H and O–H groups in total. The van der Waals surface area contributed by atoms with Crippen molar-refractivity contribution in [2.45, 2.75) is 44.6 Å². The number of carbonyl (C=O) groups is 3. The highest BCUT2D eigenvalue weighted by Crippen LogP contribution is 2.44. The molecule has 2 aromatic rings. The Bertz CT molecular complexity index is 991. The van der Waals surface area contributed by atoms with Gasteiger partial charge in [0, 0.05) is 24.4 Å². The molecule has 2 aliphatic rings. The molecule has 1 fully saturated rings. The number of aliphatic carboxylic acids is 1. The van der Waals surface area contributed by atoms with Gasteiger partial charge in [-0.25, -0.2) is 4.79 Å². The first-order chi connectivity index (χ1) is 16.0. The van der Waals surface area contributed by atoms with Crippen molar-refractivity contribution in [3.05, 3.63) is 59.7 Å². The van der Waals surface area contributed by atoms with E-state index in [9.17, 15) is 14.4 Å². The van der Waals surface area contributed by atoms with Crippen molar-refractivity contribution in [1.82, 2.24) is 10.6 Å². The summed E-state index contributed by atoms with van der Waals surface area (Å²) in [5.74, 6) is -1.18. The van der Waals surface area contributed by atoms with Gasteiger partial charge in [-0.15, -0.1) is 0 Å². The fourth-order valence-corrected chi connectivity index (χ4v) is 4.75. The lowest BCUT2D eigenvalue weighted by Crippen LogP contribution is -2.38. The minimum atomic E-state index is -0.919. The third-order valence-corrected chi connectivity index (χ3v) is 6.52. The summed E-state index contributed by atoms with van der Waals surface area (Å²) in [6, 6.07) is 16.0. The van der Waals surface area contributed by atoms with Crippen LogP contribution in [0.4, 0.5) is 4.79 Å². The van der Waals surface area contributed by atoms with Crippen LogP contribution in [0.15, 0.2) is 48.5 Å². The molecule has 7 heteroatoms. The molecule has 0 saturated heterocycles. The first-order valence-corrected chi connectivity index (χ1v) is 11.6. The largest absolute Gasteiger partial charge is 0.481 e. The molecule has 0 heterocycles. The molecule has 0 spiro atoms. The van der Waals surface area contributed by atoms with Crippen molar-refractivity contribution in [3.8, 4) is 11.1 Å². The van der Waals surface area contributed by atoms with Gasteiger partial charge >= 0.3 is 12.1 Å². The predicted octanol–water partition coefficient (Wildman–Crippen LogP) is 3.92. The summed E-state index contributed by atoms with van der Waals surface area (Å²) in [6.07, 6.45) is 1.55. The van der Waals surface area contributed by atoms with Crippen LogP contribution in [0.2, 0.25) is 0 Å². The number of benzene rings is 2. The monoisotopic (exact) mass is 450 g/mol. The molecular formula is C26H30N2O5. The van der Waals surface area contributed by atoms with Crippen molar-refractivity contribution < 1.29 is 24.2 Å². The maximum Gasteiger partial charge on any atom is 0.407 e. The van der Waals surface area contributed by atoms with E-state index in [1.807, 2.05) is 31.2 Å². The Labute approximate surface area is 193 Å². The molecule has 33 heavy (non-hydrogen) atoms. The Hall–Kier alpha value is -3.35. The number of nitrogens with one attached hydrogen (secondary N) is 2. The summed E-state index contributed by atoms with van der Waals surface area (Å²) in [5.41, 5.74) is 4.68. The summed E-state index contributed by atoms with van der Waals surface area (Å²) < 4.78 is 5.54. The Morgan fingerprint density at radius 1 is 1.06 bits per heavy atom. The van der Waals surface area contributed by atoms with E-state index in [1.165, 1.54) is 11.1 Å². The minimum absolute atomic E-state index is 0.00679. The third-order valence-electron chi connectivity index (χ3n) is 6.52. The SMILES string of the molecule is CCCC(CC(=O)O)NC(=O)[C@H]1C[C@H]1CNC(=O)OCC1c2ccccc2-c2ccccc21. The van der Waals surface area contributed by atoms with E-state index in [2.05, 4.69) is 34.9 Å². The average molecular weight is 451 g/mol. The van der Waals surface area contributed by atoms with Crippen molar-refractivity contribution in [1.29, 1.82) is 0 Å². The number of fused-ring (bicyclic) bond motifs is 3. The van der Waals surface area contributed by atoms with Gasteiger partial charge in [-0.05, 0) is 41.0 Å². The zero-order valence-electron chi connectivity index (χ0n) is 18.8. The molecule has 1 unspecified atom stereocenters. The molecule has 174 valence electrons. The first-order valence-electron chi connectivity index (χ1n) is 11.6. The minimum Gasteiger partial charge on any atom is -0.481 e. The number of hydrogen-bond donors (Lipinski definition) is 3. The Morgan fingerprint density at radius 2 is 1.70 bits per heavy atom. The Kier molecular flexibility index (Phi) is 6.96. The van der Waals surface area contributed by atoms with Crippen molar-refractivity contribution in [3.63, 3.8) is 0 Å². The number of carboxylic acid groups (broad SMARTS) is 1. The van der Waals surface area contributed by atoms with Gasteiger partial charge in [0.05, 0.1) is 6.42 Å². The van der Waals surface area contributed by atoms with Crippen LogP contribution in [0.25, 0.3) is 11.1 Å². The molecule has 2 amide bonds. The maximum atomic E-state index is 12.4. The lowest BCUT2D eigenvalue weighted by Gasteiger charge is -2.16. The molecular weight excluding hydrogens is 420 g/mol. The second-order valence-corrected chi connectivity index (χ2v) is 8.90. The van der Waals surface area contributed by atoms with E-state index >= 15 is 0 Å². The van der Waals surface area contributed by atoms with Crippen LogP contribution >= 0.6 is 0 Å². The fraction of sp³-hybridized carbons (Fsp3) is 0.423. The van der Waals surface area contributed by atoms with Gasteiger partial charge in [0.2, 0.25) is 5.91 Å². The van der Waals surface area contributed by atoms with Gasteiger partial charge in [0.25, 0.3) is 0 Å². The van der Waals surface area contributed by atoms with E-state index < -0.39 is 12.1 Å². The van der Waals surface area contributed by atoms with Crippen LogP contribution in [-0.2, 0) is 14.3 Å². The van der Waals surface area contributed by atoms with Gasteiger partial charge in [0.1, 0.15) is 6.61 Å². The van der Waals surface area contributed by atoms with E-state index in [4.69, 9.17) is 9.84 Å². The molecule has 4 rings (SSSR count). The highest BCUT2D eigenvalue weighted by atomic mass is 16.5. The molecule has 0 radical (unpaired) electrons. The highest BCUT2D eigenvalue weighted by molar-refractivity contribution is 5.82. The number of rotatable bonds is 10. The summed E-state index contributed by atoms with van der Waals surface area (Å²) >= 11 is 0. The molecule has 1 saturated carbocycles. The third kappa shape index (κ3) is 5.35. The van der Waals surface area contributed by atoms with E-state index in [-0.39, 0.29) is 42.7 Å². The Morgan fingerprint density at radius 3 is 2.30 bits per heavy atom. The van der Waals surface area contributed by atoms with Gasteiger partial charge < -0.3 is 20.5 Å². The summed E-state index contributed by atoms with van der Waals surface area (Å²) in [6.45, 7) is 2.58. The molecule has 0 aliphatic heterocycles. The standard InChI is InChI=1S/C26H30N2O5/c1-2-7-17(13-24(29)30)28-25(31)22-12-16(22)14-27-26(32)33-15-23-20-10-5-3-8-18(20)19-9-4-6-11-21(19)23/h3-6,8-11,16-17,22-23H,2,7,12-15H2,1H3,(H,27,32)(H,28,31)(H,29,30)/t16-,17?,22-/m0/s1. The van der Waals surface area contributed by atoms with E-state index in [0.29, 0.717) is 19.4 Å².